The number of nitrogens with one attached hydrogen (secondary N) is 1. The fourth-order valence-electron chi connectivity index (χ4n) is 1.59. The molecule has 19 heavy (non-hydrogen) atoms. The number of rotatable bonds is 6. The fourth-order valence-corrected chi connectivity index (χ4v) is 3.19. The molecule has 1 heterocycles. The largest absolute Gasteiger partial charge is 0.477 e. The third-order valence-corrected chi connectivity index (χ3v) is 4.34. The van der Waals surface area contributed by atoms with Crippen LogP contribution in [0.15, 0.2) is 17.2 Å². The minimum Gasteiger partial charge on any atom is -0.477 e. The van der Waals surface area contributed by atoms with E-state index in [9.17, 15) is 18.3 Å². The second-order valence-corrected chi connectivity index (χ2v) is 6.74. The number of nitrogens with zero attached hydrogens (tertiary/aromatic N) is 1. The van der Waals surface area contributed by atoms with E-state index in [-0.39, 0.29) is 23.7 Å². The number of H-pyrrole nitrogens is 1. The summed E-state index contributed by atoms with van der Waals surface area (Å²) in [5, 5.41) is 18.5. The topological polar surface area (TPSA) is 111 Å². The van der Waals surface area contributed by atoms with E-state index in [2.05, 4.69) is 4.98 Å². The average molecular weight is 290 g/mol. The van der Waals surface area contributed by atoms with Crippen molar-refractivity contribution >= 4 is 16.0 Å². The Morgan fingerprint density at radius 1 is 1.47 bits per heavy atom. The van der Waals surface area contributed by atoms with Gasteiger partial charge >= 0.3 is 5.97 Å². The van der Waals surface area contributed by atoms with Gasteiger partial charge in [0.15, 0.2) is 0 Å². The number of aromatic amines is 1. The Bertz CT molecular complexity index is 556. The van der Waals surface area contributed by atoms with Gasteiger partial charge in [0.1, 0.15) is 10.6 Å². The monoisotopic (exact) mass is 290 g/mol. The molecule has 1 aromatic rings. The van der Waals surface area contributed by atoms with Gasteiger partial charge in [0.05, 0.1) is 5.60 Å². The van der Waals surface area contributed by atoms with Gasteiger partial charge in [0.2, 0.25) is 10.0 Å². The molecule has 0 atom stereocenters. The molecule has 0 saturated carbocycles. The third-order valence-electron chi connectivity index (χ3n) is 2.44. The summed E-state index contributed by atoms with van der Waals surface area (Å²) in [6.45, 7) is 4.77. The zero-order valence-electron chi connectivity index (χ0n) is 11.0. The number of sulfonamides is 1. The molecule has 0 radical (unpaired) electrons. The van der Waals surface area contributed by atoms with Crippen molar-refractivity contribution in [1.29, 1.82) is 0 Å². The summed E-state index contributed by atoms with van der Waals surface area (Å²) in [5.41, 5.74) is -1.37. The number of aliphatic hydroxyl groups is 1. The van der Waals surface area contributed by atoms with Gasteiger partial charge in [-0.15, -0.1) is 0 Å². The lowest BCUT2D eigenvalue weighted by molar-refractivity contribution is 0.0600. The zero-order chi connectivity index (χ0) is 14.8. The van der Waals surface area contributed by atoms with Crippen molar-refractivity contribution in [3.8, 4) is 0 Å². The molecule has 0 unspecified atom stereocenters. The van der Waals surface area contributed by atoms with Gasteiger partial charge in [-0.2, -0.15) is 4.31 Å². The molecule has 0 fully saturated rings. The summed E-state index contributed by atoms with van der Waals surface area (Å²) < 4.78 is 25.7. The highest BCUT2D eigenvalue weighted by molar-refractivity contribution is 7.89. The second-order valence-electron chi connectivity index (χ2n) is 4.80. The van der Waals surface area contributed by atoms with Crippen molar-refractivity contribution in [2.75, 3.05) is 13.1 Å². The number of carbonyl (C=O) groups is 1. The summed E-state index contributed by atoms with van der Waals surface area (Å²) in [7, 11) is -3.82. The van der Waals surface area contributed by atoms with Crippen LogP contribution in [0.2, 0.25) is 0 Å². The van der Waals surface area contributed by atoms with Crippen molar-refractivity contribution in [3.63, 3.8) is 0 Å². The van der Waals surface area contributed by atoms with Crippen LogP contribution in [0, 0.1) is 0 Å². The SMILES string of the molecule is CCN(CC(C)(C)O)S(=O)(=O)c1c[nH]c(C(=O)O)c1. The van der Waals surface area contributed by atoms with Gasteiger partial charge in [0, 0.05) is 19.3 Å². The maximum absolute atomic E-state index is 12.3. The van der Waals surface area contributed by atoms with E-state index in [1.54, 1.807) is 6.92 Å². The average Bonchev–Trinajstić information content (AvgIpc) is 2.74. The molecular formula is C11H18N2O5S. The van der Waals surface area contributed by atoms with Crippen molar-refractivity contribution in [2.24, 2.45) is 0 Å². The lowest BCUT2D eigenvalue weighted by Crippen LogP contribution is -2.41. The first kappa shape index (κ1) is 15.7. The van der Waals surface area contributed by atoms with Gasteiger partial charge in [-0.05, 0) is 19.9 Å². The van der Waals surface area contributed by atoms with Crippen LogP contribution >= 0.6 is 0 Å². The minimum atomic E-state index is -3.82. The van der Waals surface area contributed by atoms with Crippen LogP contribution in [0.25, 0.3) is 0 Å². The van der Waals surface area contributed by atoms with Crippen LogP contribution in [0.5, 0.6) is 0 Å². The first-order valence-electron chi connectivity index (χ1n) is 5.72. The van der Waals surface area contributed by atoms with E-state index >= 15 is 0 Å². The summed E-state index contributed by atoms with van der Waals surface area (Å²) in [4.78, 5) is 13.0. The van der Waals surface area contributed by atoms with Crippen LogP contribution in [0.3, 0.4) is 0 Å². The second kappa shape index (κ2) is 5.32. The zero-order valence-corrected chi connectivity index (χ0v) is 11.9. The Labute approximate surface area is 111 Å². The van der Waals surface area contributed by atoms with Crippen LogP contribution < -0.4 is 0 Å². The van der Waals surface area contributed by atoms with Crippen molar-refractivity contribution < 1.29 is 23.4 Å². The molecule has 0 saturated heterocycles. The number of carboxylic acid groups (broad SMARTS) is 1. The molecule has 1 rings (SSSR count). The van der Waals surface area contributed by atoms with E-state index < -0.39 is 21.6 Å². The molecule has 108 valence electrons. The predicted molar refractivity (Wildman–Crippen MR) is 68.5 cm³/mol. The Hall–Kier alpha value is -1.38. The van der Waals surface area contributed by atoms with Crippen LogP contribution in [0.4, 0.5) is 0 Å². The van der Waals surface area contributed by atoms with Crippen molar-refractivity contribution in [2.45, 2.75) is 31.3 Å². The molecule has 0 spiro atoms. The summed E-state index contributed by atoms with van der Waals surface area (Å²) >= 11 is 0. The molecule has 0 amide bonds. The lowest BCUT2D eigenvalue weighted by Gasteiger charge is -2.26. The smallest absolute Gasteiger partial charge is 0.352 e. The molecule has 0 aliphatic rings. The van der Waals surface area contributed by atoms with Crippen LogP contribution in [-0.4, -0.2) is 52.6 Å². The first-order chi connectivity index (χ1) is 8.58. The quantitative estimate of drug-likeness (QED) is 0.706. The Morgan fingerprint density at radius 2 is 2.05 bits per heavy atom. The van der Waals surface area contributed by atoms with E-state index in [1.807, 2.05) is 0 Å². The molecule has 7 nitrogen and oxygen atoms in total. The molecule has 3 N–H and O–H groups in total. The normalized spacial score (nSPS) is 12.9. The van der Waals surface area contributed by atoms with E-state index in [4.69, 9.17) is 5.11 Å². The summed E-state index contributed by atoms with van der Waals surface area (Å²) in [5.74, 6) is -1.23. The number of aromatic nitrogens is 1. The molecule has 0 aliphatic carbocycles. The maximum atomic E-state index is 12.3. The Balaban J connectivity index is 3.10. The number of aromatic carboxylic acids is 1. The van der Waals surface area contributed by atoms with Crippen LogP contribution in [-0.2, 0) is 10.0 Å². The molecule has 1 aromatic heterocycles. The minimum absolute atomic E-state index is 0.0700. The Kier molecular flexibility index (Phi) is 4.39. The highest BCUT2D eigenvalue weighted by Gasteiger charge is 2.29. The van der Waals surface area contributed by atoms with E-state index in [0.29, 0.717) is 0 Å². The van der Waals surface area contributed by atoms with E-state index in [1.165, 1.54) is 13.8 Å². The van der Waals surface area contributed by atoms with Crippen molar-refractivity contribution in [1.82, 2.24) is 9.29 Å². The van der Waals surface area contributed by atoms with Gasteiger partial charge < -0.3 is 15.2 Å². The molecule has 0 bridgehead atoms. The number of likely N-dealkylation sites (N-methyl/N-ethyl adjacent to an activating group) is 1. The van der Waals surface area contributed by atoms with Crippen LogP contribution in [0.1, 0.15) is 31.3 Å². The highest BCUT2D eigenvalue weighted by Crippen LogP contribution is 2.19. The molecular weight excluding hydrogens is 272 g/mol. The predicted octanol–water partition coefficient (Wildman–Crippen LogP) is 0.494. The summed E-state index contributed by atoms with van der Waals surface area (Å²) in [6.07, 6.45) is 1.13. The standard InChI is InChI=1S/C11H18N2O5S/c1-4-13(7-11(2,3)16)19(17,18)8-5-9(10(14)15)12-6-8/h5-6,12,16H,4,7H2,1-3H3,(H,14,15). The third kappa shape index (κ3) is 3.79. The first-order valence-corrected chi connectivity index (χ1v) is 7.16. The highest BCUT2D eigenvalue weighted by atomic mass is 32.2. The maximum Gasteiger partial charge on any atom is 0.352 e. The number of carboxylic acids is 1. The van der Waals surface area contributed by atoms with Gasteiger partial charge in [-0.1, -0.05) is 6.92 Å². The Morgan fingerprint density at radius 3 is 2.42 bits per heavy atom. The number of hydrogen-bond acceptors (Lipinski definition) is 4. The number of hydrogen-bond donors (Lipinski definition) is 3. The van der Waals surface area contributed by atoms with E-state index in [0.717, 1.165) is 16.6 Å². The fraction of sp³-hybridized carbons (Fsp3) is 0.545. The lowest BCUT2D eigenvalue weighted by atomic mass is 10.1. The van der Waals surface area contributed by atoms with Crippen molar-refractivity contribution in [3.05, 3.63) is 18.0 Å². The summed E-state index contributed by atoms with van der Waals surface area (Å²) in [6, 6.07) is 1.06. The van der Waals surface area contributed by atoms with Gasteiger partial charge in [0.25, 0.3) is 0 Å². The molecule has 8 heteroatoms. The molecule has 0 aromatic carbocycles. The van der Waals surface area contributed by atoms with Gasteiger partial charge in [-0.3, -0.25) is 0 Å². The van der Waals surface area contributed by atoms with Gasteiger partial charge in [-0.25, -0.2) is 13.2 Å². The molecule has 0 aliphatic heterocycles.